The van der Waals surface area contributed by atoms with Gasteiger partial charge in [-0.05, 0) is 304 Å². The van der Waals surface area contributed by atoms with E-state index in [1.54, 1.807) is 61.2 Å². The van der Waals surface area contributed by atoms with Crippen molar-refractivity contribution in [2.75, 3.05) is 154 Å². The maximum Gasteiger partial charge on any atom is 0.419 e. The van der Waals surface area contributed by atoms with Gasteiger partial charge in [0.25, 0.3) is 0 Å². The Kier molecular flexibility index (Phi) is 39.4. The minimum absolute atomic E-state index is 0.00282. The first-order valence-electron chi connectivity index (χ1n) is 47.4. The van der Waals surface area contributed by atoms with E-state index in [9.17, 15) is 63.1 Å². The van der Waals surface area contributed by atoms with Crippen molar-refractivity contribution in [3.63, 3.8) is 0 Å². The van der Waals surface area contributed by atoms with Gasteiger partial charge in [0.05, 0.1) is 35.8 Å². The standard InChI is InChI=1S/C26H33F4N5OS.C25H33ClFN5OS.C24H29F4N5OS.C23H29ClFN5OS/c1-33(2)17-24-31-16-23(37-24)18-5-8-20(9-6-18)35(14-13-34-11-3-4-12-34)25(36)32-19-7-10-22(27)21(15-19)26(28,29)30;1-30(2)17-24-28-16-23(34-24)18-5-8-20(9-6-18)32(14-13-31-11-3-4-12-31)25(33)29-19-7-10-22(27)21(26)15-19;25-20-8-5-17(13-19(20)24(26,27)28)31-23(34)33(12-11-32-9-1-2-10-32)18-6-3-16(4-7-18)21-15-30-22(14-29)35-21;24-20-13-17(5-8-21(20)25)28-23(31)30(12-11-29-9-1-2-10-29)18-6-3-16(4-7-18)22-27-15-19(14-26)32-22/h5,7,10,15-16,20H,3-4,6,8-9,11-14,17H2,1-2H3,(H,32,36);5,7,10,15-16,20H,3-4,6,8-9,11-14,17H2,1-2H3,(H,29,33);3,5,8,13,15,18H,1-2,4,6-7,9-12,14,29H2,(H,31,34);3,5,8,13,15,18H,1-2,4,6-7,9-12,14,26H2,(H,28,31). The molecule has 8 aromatic rings. The van der Waals surface area contributed by atoms with Gasteiger partial charge in [-0.1, -0.05) is 47.5 Å². The molecule has 4 aromatic heterocycles. The fourth-order valence-corrected chi connectivity index (χ4v) is 22.7. The second-order valence-corrected chi connectivity index (χ2v) is 41.6. The zero-order valence-corrected chi connectivity index (χ0v) is 83.1. The summed E-state index contributed by atoms with van der Waals surface area (Å²) in [7, 11) is 8.10. The molecule has 748 valence electrons. The van der Waals surface area contributed by atoms with Crippen LogP contribution in [0.2, 0.25) is 10.0 Å². The number of carbonyl (C=O) groups is 4. The maximum atomic E-state index is 13.7. The van der Waals surface area contributed by atoms with Gasteiger partial charge in [0.15, 0.2) is 0 Å². The van der Waals surface area contributed by atoms with Crippen LogP contribution in [-0.4, -0.2) is 250 Å². The molecule has 8 N–H and O–H groups in total. The Morgan fingerprint density at radius 3 is 0.942 bits per heavy atom. The second kappa shape index (κ2) is 51.1. The van der Waals surface area contributed by atoms with Crippen molar-refractivity contribution in [1.82, 2.24) is 68.9 Å². The number of alkyl halides is 6. The first-order valence-corrected chi connectivity index (χ1v) is 51.4. The van der Waals surface area contributed by atoms with Crippen LogP contribution in [0.25, 0.3) is 22.3 Å². The summed E-state index contributed by atoms with van der Waals surface area (Å²) < 4.78 is 133. The van der Waals surface area contributed by atoms with Crippen molar-refractivity contribution in [2.45, 2.75) is 191 Å². The van der Waals surface area contributed by atoms with Gasteiger partial charge in [-0.2, -0.15) is 26.3 Å². The Morgan fingerprint density at radius 2 is 0.681 bits per heavy atom. The number of aromatic nitrogens is 4. The minimum Gasteiger partial charge on any atom is -0.326 e. The predicted molar refractivity (Wildman–Crippen MR) is 533 cm³/mol. The normalized spacial score (nSPS) is 18.9. The van der Waals surface area contributed by atoms with E-state index in [0.717, 1.165) is 227 Å². The molecule has 24 nitrogen and oxygen atoms in total. The molecule has 4 unspecified atom stereocenters. The van der Waals surface area contributed by atoms with Crippen molar-refractivity contribution >= 4 is 138 Å². The number of benzene rings is 4. The number of likely N-dealkylation sites (tertiary alicyclic amines) is 4. The number of hydrogen-bond donors (Lipinski definition) is 6. The van der Waals surface area contributed by atoms with E-state index in [1.165, 1.54) is 83.2 Å². The Morgan fingerprint density at radius 1 is 0.391 bits per heavy atom. The number of carbonyl (C=O) groups excluding carboxylic acids is 4. The maximum absolute atomic E-state index is 13.7. The summed E-state index contributed by atoms with van der Waals surface area (Å²) in [4.78, 5) is 96.4. The van der Waals surface area contributed by atoms with Gasteiger partial charge in [0.1, 0.15) is 43.3 Å². The van der Waals surface area contributed by atoms with Crippen LogP contribution in [-0.2, 0) is 38.5 Å². The molecule has 8 amide bonds. The lowest BCUT2D eigenvalue weighted by molar-refractivity contribution is -0.140. The molecule has 138 heavy (non-hydrogen) atoms. The summed E-state index contributed by atoms with van der Waals surface area (Å²) in [5.74, 6) is -3.72. The van der Waals surface area contributed by atoms with Gasteiger partial charge in [-0.15, -0.1) is 45.3 Å². The predicted octanol–water partition coefficient (Wildman–Crippen LogP) is 21.8. The van der Waals surface area contributed by atoms with Gasteiger partial charge in [-0.3, -0.25) is 0 Å². The topological polar surface area (TPSA) is 252 Å². The zero-order valence-electron chi connectivity index (χ0n) is 78.4. The number of hydrogen-bond acceptors (Lipinski definition) is 20. The highest BCUT2D eigenvalue weighted by Gasteiger charge is 2.39. The van der Waals surface area contributed by atoms with E-state index < -0.39 is 58.8 Å². The summed E-state index contributed by atoms with van der Waals surface area (Å²) in [5.41, 5.74) is 14.4. The zero-order chi connectivity index (χ0) is 98.2. The van der Waals surface area contributed by atoms with Crippen molar-refractivity contribution in [1.29, 1.82) is 0 Å². The van der Waals surface area contributed by atoms with Crippen LogP contribution in [0.4, 0.5) is 85.8 Å². The van der Waals surface area contributed by atoms with Gasteiger partial charge in [-0.25, -0.2) is 56.7 Å². The third-order valence-corrected chi connectivity index (χ3v) is 30.8. The van der Waals surface area contributed by atoms with Crippen molar-refractivity contribution in [2.24, 2.45) is 11.5 Å². The third kappa shape index (κ3) is 31.0. The lowest BCUT2D eigenvalue weighted by atomic mass is 9.93. The quantitative estimate of drug-likeness (QED) is 0.0229. The van der Waals surface area contributed by atoms with E-state index in [-0.39, 0.29) is 57.6 Å². The fraction of sp³-hybridized carbons (Fsp3) is 0.510. The number of nitrogens with two attached hydrogens (primary N) is 2. The molecular formula is C98H124Cl2F10N20O4S4. The molecule has 8 aliphatic rings. The highest BCUT2D eigenvalue weighted by atomic mass is 35.5. The van der Waals surface area contributed by atoms with Gasteiger partial charge in [0, 0.05) is 155 Å². The Labute approximate surface area is 826 Å². The van der Waals surface area contributed by atoms with Crippen LogP contribution < -0.4 is 32.7 Å². The van der Waals surface area contributed by atoms with Crippen molar-refractivity contribution in [3.8, 4) is 0 Å². The molecule has 40 heteroatoms. The SMILES string of the molecule is CN(C)Cc1ncc(C2=CCC(N(CCN3CCCC3)C(=O)Nc3ccc(F)c(C(F)(F)F)c3)CC2)s1.CN(C)Cc1ncc(C2=CCC(N(CCN3CCCC3)C(=O)Nc3ccc(F)c(Cl)c3)CC2)s1.NCc1cnc(C2=CCC(N(CCN3CCCC3)C(=O)Nc3ccc(F)c(Cl)c3)CC2)s1.NCc1ncc(C2=CCC(N(CCN3CCCC3)C(=O)Nc3ccc(F)c(C(F)(F)F)c3)CC2)s1. The molecule has 4 aromatic carbocycles. The molecule has 16 rings (SSSR count). The molecule has 4 fully saturated rings. The van der Waals surface area contributed by atoms with Crippen LogP contribution in [0, 0.1) is 23.3 Å². The van der Waals surface area contributed by atoms with Gasteiger partial charge < -0.3 is 81.7 Å². The molecule has 0 saturated carbocycles. The fourth-order valence-electron chi connectivity index (χ4n) is 18.4. The molecule has 4 atom stereocenters. The first-order chi connectivity index (χ1) is 66.3. The van der Waals surface area contributed by atoms with E-state index in [4.69, 9.17) is 34.7 Å². The average molecular weight is 2040 g/mol. The van der Waals surface area contributed by atoms with Crippen molar-refractivity contribution < 1.29 is 63.1 Å². The highest BCUT2D eigenvalue weighted by molar-refractivity contribution is 7.13. The summed E-state index contributed by atoms with van der Waals surface area (Å²) >= 11 is 18.4. The van der Waals surface area contributed by atoms with Crippen LogP contribution in [0.3, 0.4) is 0 Å². The highest BCUT2D eigenvalue weighted by Crippen LogP contribution is 2.41. The first kappa shape index (κ1) is 106. The third-order valence-electron chi connectivity index (χ3n) is 25.9. The van der Waals surface area contributed by atoms with Crippen LogP contribution in [0.15, 0.2) is 122 Å². The smallest absolute Gasteiger partial charge is 0.326 e. The molecule has 0 radical (unpaired) electrons. The Bertz CT molecular complexity index is 5490. The molecule has 0 bridgehead atoms. The molecule has 0 spiro atoms. The number of allylic oxidation sites excluding steroid dienone is 4. The Balaban J connectivity index is 0.000000155. The van der Waals surface area contributed by atoms with Crippen LogP contribution in [0.5, 0.6) is 0 Å². The number of nitrogens with one attached hydrogen (secondary N) is 4. The lowest BCUT2D eigenvalue weighted by Crippen LogP contribution is -2.47. The second-order valence-electron chi connectivity index (χ2n) is 36.3. The number of thiazole rings is 4. The number of amides is 8. The van der Waals surface area contributed by atoms with Gasteiger partial charge >= 0.3 is 36.5 Å². The summed E-state index contributed by atoms with van der Waals surface area (Å²) in [6, 6.07) is 12.4. The molecule has 4 aliphatic carbocycles. The monoisotopic (exact) mass is 2030 g/mol. The summed E-state index contributed by atoms with van der Waals surface area (Å²) in [6.07, 6.45) is 25.5. The molecule has 4 aliphatic heterocycles. The Hall–Kier alpha value is -9.00. The van der Waals surface area contributed by atoms with Gasteiger partial charge in [0.2, 0.25) is 0 Å². The number of rotatable bonds is 30. The summed E-state index contributed by atoms with van der Waals surface area (Å²) in [6.45, 7) is 16.2. The molecule has 8 heterocycles. The largest absolute Gasteiger partial charge is 0.419 e. The van der Waals surface area contributed by atoms with Crippen LogP contribution in [0.1, 0.15) is 179 Å². The minimum atomic E-state index is -4.84. The average Bonchev–Trinajstić information content (AvgIpc) is 1.17. The van der Waals surface area contributed by atoms with E-state index in [2.05, 4.69) is 94.9 Å². The van der Waals surface area contributed by atoms with E-state index in [0.29, 0.717) is 88.7 Å². The van der Waals surface area contributed by atoms with Crippen LogP contribution >= 0.6 is 68.5 Å². The molecular weight excluding hydrogens is 1910 g/mol. The molecule has 4 saturated heterocycles. The number of nitrogens with zero attached hydrogens (tertiary/aromatic N) is 14. The van der Waals surface area contributed by atoms with Crippen molar-refractivity contribution in [3.05, 3.63) is 206 Å². The lowest BCUT2D eigenvalue weighted by Gasteiger charge is -2.35. The number of halogens is 12. The summed E-state index contributed by atoms with van der Waals surface area (Å²) in [5, 5.41) is 15.1. The number of anilines is 4. The van der Waals surface area contributed by atoms with E-state index in [1.807, 2.05) is 62.8 Å². The number of urea groups is 4. The van der Waals surface area contributed by atoms with E-state index >= 15 is 0 Å².